The molecule has 44 heavy (non-hydrogen) atoms. The maximum absolute atomic E-state index is 15.7. The smallest absolute Gasteiger partial charge is 0.397 e. The predicted molar refractivity (Wildman–Crippen MR) is 156 cm³/mol. The van der Waals surface area contributed by atoms with Crippen LogP contribution in [0.4, 0.5) is 14.5 Å². The van der Waals surface area contributed by atoms with E-state index >= 15 is 8.78 Å². The molecule has 0 amide bonds. The highest BCUT2D eigenvalue weighted by atomic mass is 32.7. The molecule has 2 fully saturated rings. The zero-order valence-electron chi connectivity index (χ0n) is 22.1. The number of hydrogen-bond donors (Lipinski definition) is 5. The molecule has 0 radical (unpaired) electrons. The van der Waals surface area contributed by atoms with Crippen LogP contribution in [-0.2, 0) is 39.4 Å². The van der Waals surface area contributed by atoms with E-state index in [-0.39, 0.29) is 16.7 Å². The van der Waals surface area contributed by atoms with Crippen LogP contribution in [0.1, 0.15) is 12.5 Å². The second-order valence-corrected chi connectivity index (χ2v) is 14.2. The summed E-state index contributed by atoms with van der Waals surface area (Å²) < 4.78 is 73.1. The number of anilines is 1. The Labute approximate surface area is 256 Å². The molecule has 2 unspecified atom stereocenters. The summed E-state index contributed by atoms with van der Waals surface area (Å²) in [6, 6.07) is 3.01. The fourth-order valence-electron chi connectivity index (χ4n) is 5.13. The van der Waals surface area contributed by atoms with E-state index in [4.69, 9.17) is 40.6 Å². The Balaban J connectivity index is 1.22. The Bertz CT molecular complexity index is 1810. The number of aliphatic hydroxyl groups is 1. The molecule has 22 heteroatoms. The summed E-state index contributed by atoms with van der Waals surface area (Å²) in [7, 11) is -2.61. The average molecular weight is 695 g/mol. The van der Waals surface area contributed by atoms with Crippen molar-refractivity contribution in [2.45, 2.75) is 49.2 Å². The summed E-state index contributed by atoms with van der Waals surface area (Å²) in [4.78, 5) is 37.9. The van der Waals surface area contributed by atoms with Crippen molar-refractivity contribution >= 4 is 65.9 Å². The summed E-state index contributed by atoms with van der Waals surface area (Å²) in [6.45, 7) is -5.73. The zero-order valence-corrected chi connectivity index (χ0v) is 25.6. The van der Waals surface area contributed by atoms with Crippen LogP contribution in [0.2, 0.25) is 0 Å². The molecule has 4 aromatic rings. The van der Waals surface area contributed by atoms with E-state index in [0.717, 1.165) is 0 Å². The summed E-state index contributed by atoms with van der Waals surface area (Å²) in [5.74, 6) is 0. The van der Waals surface area contributed by atoms with E-state index in [2.05, 4.69) is 32.2 Å². The van der Waals surface area contributed by atoms with Crippen LogP contribution in [0.15, 0.2) is 42.0 Å². The van der Waals surface area contributed by atoms with Crippen molar-refractivity contribution in [2.75, 3.05) is 18.9 Å². The average Bonchev–Trinajstić information content (AvgIpc) is 3.74. The van der Waals surface area contributed by atoms with Gasteiger partial charge in [-0.2, -0.15) is 0 Å². The van der Waals surface area contributed by atoms with Crippen LogP contribution in [-0.4, -0.2) is 89.0 Å². The van der Waals surface area contributed by atoms with Gasteiger partial charge in [-0.05, 0) is 28.5 Å². The molecule has 0 saturated carbocycles. The van der Waals surface area contributed by atoms with Gasteiger partial charge >= 0.3 is 13.9 Å². The minimum absolute atomic E-state index is 0.0308. The number of imidazole rings is 2. The number of hydrogen-bond acceptors (Lipinski definition) is 13. The van der Waals surface area contributed by atoms with Crippen molar-refractivity contribution in [3.63, 3.8) is 0 Å². The zero-order chi connectivity index (χ0) is 31.3. The lowest BCUT2D eigenvalue weighted by atomic mass is 10.1. The summed E-state index contributed by atoms with van der Waals surface area (Å²) >= 11 is 8.86. The maximum Gasteiger partial charge on any atom is 0.582 e. The number of thiol groups is 1. The lowest BCUT2D eigenvalue weighted by molar-refractivity contribution is -0.0538. The Morgan fingerprint density at radius 3 is 2.59 bits per heavy atom. The second-order valence-electron chi connectivity index (χ2n) is 9.76. The Hall–Kier alpha value is -2.48. The molecule has 0 bridgehead atoms. The van der Waals surface area contributed by atoms with E-state index < -0.39 is 81.9 Å². The first-order chi connectivity index (χ1) is 21.0. The Morgan fingerprint density at radius 2 is 1.84 bits per heavy atom. The number of aromatic nitrogens is 6. The minimum Gasteiger partial charge on any atom is -0.397 e. The number of H-pyrrole nitrogens is 1. The van der Waals surface area contributed by atoms with Crippen LogP contribution in [0, 0.1) is 0 Å². The van der Waals surface area contributed by atoms with Crippen molar-refractivity contribution in [3.8, 4) is 0 Å². The third kappa shape index (κ3) is 5.80. The van der Waals surface area contributed by atoms with E-state index in [1.54, 1.807) is 0 Å². The second kappa shape index (κ2) is 12.4. The molecule has 0 aromatic carbocycles. The van der Waals surface area contributed by atoms with Crippen LogP contribution in [0.5, 0.6) is 0 Å². The molecule has 10 atom stereocenters. The SMILES string of the molecule is Nc1ccnc2c1ncn2[C@@H]1O[C@H](COP(O)(=S)O[C@@H]2[C@@H](F)[C@@H](CO)O[C@H]2n2cnc3c(=O)[nH]ccc32)[C@@H](O[P+](=O)S)[C@@H]1F. The molecule has 236 valence electrons. The quantitative estimate of drug-likeness (QED) is 0.118. The number of aliphatic hydroxyl groups excluding tert-OH is 1. The fourth-order valence-corrected chi connectivity index (χ4v) is 7.32. The molecule has 4 aromatic heterocycles. The van der Waals surface area contributed by atoms with Gasteiger partial charge in [-0.3, -0.25) is 13.9 Å². The van der Waals surface area contributed by atoms with Crippen LogP contribution in [0.3, 0.4) is 0 Å². The van der Waals surface area contributed by atoms with Gasteiger partial charge in [0.25, 0.3) is 5.56 Å². The molecular formula is C22H24F2N7O9P2S2+. The number of fused-ring (bicyclic) bond motifs is 2. The van der Waals surface area contributed by atoms with Gasteiger partial charge in [0.05, 0.1) is 37.1 Å². The molecule has 2 saturated heterocycles. The topological polar surface area (TPSA) is 211 Å². The molecule has 5 N–H and O–H groups in total. The van der Waals surface area contributed by atoms with Crippen molar-refractivity contribution in [3.05, 3.63) is 47.5 Å². The highest BCUT2D eigenvalue weighted by Gasteiger charge is 2.53. The van der Waals surface area contributed by atoms with E-state index in [1.165, 1.54) is 46.3 Å². The standard InChI is InChI=1S/C22H23F2N7O9P2S2/c23-13-11(5-32)37-22(30-7-29-16-10(30)2-4-27-20(16)33)18(13)40-42(35,44)36-6-12-17(39-41(34)43)14(24)21(38-12)31-8-28-15-9(25)1-3-26-19(15)31/h1-4,7-8,11-14,17-18,21-22,32H,5-6H2,(H4-,25,26,27,33,34,35,43,44)/p+1/t11-,12-,13+,14+,17-,18-,21-,22-,42?/m1/s1. The number of pyridine rings is 2. The first-order valence-corrected chi connectivity index (χ1v) is 17.7. The van der Waals surface area contributed by atoms with Crippen LogP contribution in [0.25, 0.3) is 22.2 Å². The lowest BCUT2D eigenvalue weighted by Gasteiger charge is -2.26. The van der Waals surface area contributed by atoms with E-state index in [1.807, 2.05) is 0 Å². The molecule has 6 heterocycles. The molecule has 0 spiro atoms. The normalized spacial score (nSPS) is 30.7. The highest BCUT2D eigenvalue weighted by molar-refractivity contribution is 8.39. The van der Waals surface area contributed by atoms with E-state index in [0.29, 0.717) is 11.2 Å². The molecule has 2 aliphatic heterocycles. The molecule has 2 aliphatic rings. The first kappa shape index (κ1) is 31.5. The number of nitrogens with zero attached hydrogens (tertiary/aromatic N) is 5. The number of alkyl halides is 2. The number of rotatable bonds is 10. The monoisotopic (exact) mass is 694 g/mol. The van der Waals surface area contributed by atoms with Crippen molar-refractivity contribution in [1.82, 2.24) is 29.1 Å². The number of nitrogens with one attached hydrogen (secondary N) is 1. The first-order valence-electron chi connectivity index (χ1n) is 12.8. The summed E-state index contributed by atoms with van der Waals surface area (Å²) in [6.07, 6.45) is -7.25. The molecular weight excluding hydrogens is 670 g/mol. The van der Waals surface area contributed by atoms with Crippen molar-refractivity contribution in [2.24, 2.45) is 0 Å². The largest absolute Gasteiger partial charge is 0.582 e. The number of ether oxygens (including phenoxy) is 2. The number of halogens is 2. The fraction of sp³-hybridized carbons (Fsp3) is 0.455. The van der Waals surface area contributed by atoms with Gasteiger partial charge in [-0.1, -0.05) is 0 Å². The number of nitrogen functional groups attached to an aromatic ring is 1. The lowest BCUT2D eigenvalue weighted by Crippen LogP contribution is -2.34. The van der Waals surface area contributed by atoms with Gasteiger partial charge in [-0.25, -0.2) is 23.7 Å². The summed E-state index contributed by atoms with van der Waals surface area (Å²) in [5, 5.41) is 9.66. The van der Waals surface area contributed by atoms with Crippen LogP contribution < -0.4 is 11.3 Å². The third-order valence-electron chi connectivity index (χ3n) is 7.12. The van der Waals surface area contributed by atoms with Crippen molar-refractivity contribution < 1.29 is 46.4 Å². The highest BCUT2D eigenvalue weighted by Crippen LogP contribution is 2.51. The van der Waals surface area contributed by atoms with Crippen LogP contribution >= 0.6 is 26.2 Å². The predicted octanol–water partition coefficient (Wildman–Crippen LogP) is 1.81. The van der Waals surface area contributed by atoms with Gasteiger partial charge < -0.3 is 39.3 Å². The Kier molecular flexibility index (Phi) is 8.86. The van der Waals surface area contributed by atoms with Gasteiger partial charge in [0.1, 0.15) is 36.1 Å². The molecule has 0 aliphatic carbocycles. The maximum atomic E-state index is 15.7. The summed E-state index contributed by atoms with van der Waals surface area (Å²) in [5.41, 5.74) is 6.51. The number of aromatic amines is 1. The molecule has 16 nitrogen and oxygen atoms in total. The Morgan fingerprint density at radius 1 is 1.11 bits per heavy atom. The number of nitrogens with two attached hydrogens (primary N) is 1. The van der Waals surface area contributed by atoms with Gasteiger partial charge in [-0.15, -0.1) is 4.52 Å². The minimum atomic E-state index is -4.35. The van der Waals surface area contributed by atoms with Crippen molar-refractivity contribution in [1.29, 1.82) is 0 Å². The third-order valence-corrected chi connectivity index (χ3v) is 9.39. The molecule has 6 rings (SSSR count). The van der Waals surface area contributed by atoms with Gasteiger partial charge in [0.15, 0.2) is 42.1 Å². The van der Waals surface area contributed by atoms with E-state index in [9.17, 15) is 19.4 Å². The van der Waals surface area contributed by atoms with Gasteiger partial charge in [0.2, 0.25) is 0 Å². The van der Waals surface area contributed by atoms with Gasteiger partial charge in [0, 0.05) is 12.4 Å².